The Bertz CT molecular complexity index is 483. The van der Waals surface area contributed by atoms with Gasteiger partial charge in [-0.2, -0.15) is 0 Å². The fraction of sp³-hybridized carbons (Fsp3) is 0.154. The van der Waals surface area contributed by atoms with Crippen LogP contribution >= 0.6 is 0 Å². The van der Waals surface area contributed by atoms with Gasteiger partial charge in [0.2, 0.25) is 0 Å². The quantitative estimate of drug-likeness (QED) is 0.825. The highest BCUT2D eigenvalue weighted by atomic mass is 16.4. The van der Waals surface area contributed by atoms with Gasteiger partial charge in [-0.1, -0.05) is 30.3 Å². The predicted octanol–water partition coefficient (Wildman–Crippen LogP) is 2.66. The number of carboxylic acids is 1. The minimum Gasteiger partial charge on any atom is -0.481 e. The van der Waals surface area contributed by atoms with Crippen LogP contribution in [-0.4, -0.2) is 11.1 Å². The van der Waals surface area contributed by atoms with Crippen molar-refractivity contribution in [3.05, 3.63) is 48.0 Å². The molecule has 0 aliphatic carbocycles. The Morgan fingerprint density at radius 2 is 2.20 bits per heavy atom. The average Bonchev–Trinajstić information content (AvgIpc) is 2.26. The molecular weight excluding hydrogens is 188 g/mol. The molecule has 0 aromatic heterocycles. The van der Waals surface area contributed by atoms with Crippen molar-refractivity contribution in [2.75, 3.05) is 0 Å². The van der Waals surface area contributed by atoms with Crippen molar-refractivity contribution in [2.45, 2.75) is 12.8 Å². The van der Waals surface area contributed by atoms with Gasteiger partial charge < -0.3 is 5.11 Å². The van der Waals surface area contributed by atoms with Gasteiger partial charge in [0.1, 0.15) is 0 Å². The molecule has 2 aromatic rings. The zero-order chi connectivity index (χ0) is 10.7. The lowest BCUT2D eigenvalue weighted by molar-refractivity contribution is -0.136. The standard InChI is InChI=1S/C13H11O2/c14-13(15)9-8-11-6-3-5-10-4-1-2-7-12(10)11/h1,3-7H,8-9H2,(H,14,15). The second kappa shape index (κ2) is 4.13. The first-order valence-electron chi connectivity index (χ1n) is 4.87. The highest BCUT2D eigenvalue weighted by molar-refractivity contribution is 5.85. The summed E-state index contributed by atoms with van der Waals surface area (Å²) < 4.78 is 0. The van der Waals surface area contributed by atoms with Gasteiger partial charge in [0, 0.05) is 6.42 Å². The summed E-state index contributed by atoms with van der Waals surface area (Å²) in [7, 11) is 0. The lowest BCUT2D eigenvalue weighted by Crippen LogP contribution is -1.97. The van der Waals surface area contributed by atoms with E-state index < -0.39 is 5.97 Å². The predicted molar refractivity (Wildman–Crippen MR) is 58.7 cm³/mol. The molecule has 15 heavy (non-hydrogen) atoms. The highest BCUT2D eigenvalue weighted by Gasteiger charge is 2.02. The van der Waals surface area contributed by atoms with Crippen LogP contribution in [0.3, 0.4) is 0 Å². The molecule has 0 aliphatic rings. The second-order valence-electron chi connectivity index (χ2n) is 3.46. The fourth-order valence-electron chi connectivity index (χ4n) is 1.68. The Kier molecular flexibility index (Phi) is 2.68. The number of hydrogen-bond acceptors (Lipinski definition) is 1. The van der Waals surface area contributed by atoms with E-state index in [1.165, 1.54) is 0 Å². The molecule has 0 amide bonds. The molecule has 75 valence electrons. The first kappa shape index (κ1) is 9.71. The van der Waals surface area contributed by atoms with E-state index in [4.69, 9.17) is 5.11 Å². The van der Waals surface area contributed by atoms with Crippen molar-refractivity contribution in [1.29, 1.82) is 0 Å². The SMILES string of the molecule is O=C(O)CCc1cccc2cc[c]cc12. The maximum Gasteiger partial charge on any atom is 0.303 e. The van der Waals surface area contributed by atoms with E-state index in [9.17, 15) is 4.79 Å². The van der Waals surface area contributed by atoms with Crippen LogP contribution < -0.4 is 0 Å². The summed E-state index contributed by atoms with van der Waals surface area (Å²) in [5.74, 6) is -0.757. The molecule has 1 radical (unpaired) electrons. The van der Waals surface area contributed by atoms with Crippen molar-refractivity contribution >= 4 is 16.7 Å². The Morgan fingerprint density at radius 3 is 3.00 bits per heavy atom. The molecule has 0 saturated carbocycles. The smallest absolute Gasteiger partial charge is 0.303 e. The Labute approximate surface area is 88.2 Å². The molecule has 2 heteroatoms. The van der Waals surface area contributed by atoms with Crippen molar-refractivity contribution < 1.29 is 9.90 Å². The normalized spacial score (nSPS) is 10.4. The molecule has 0 spiro atoms. The van der Waals surface area contributed by atoms with Gasteiger partial charge in [-0.25, -0.2) is 0 Å². The summed E-state index contributed by atoms with van der Waals surface area (Å²) in [5.41, 5.74) is 1.08. The van der Waals surface area contributed by atoms with Crippen molar-refractivity contribution in [2.24, 2.45) is 0 Å². The first-order valence-corrected chi connectivity index (χ1v) is 4.87. The molecule has 0 bridgehead atoms. The molecular formula is C13H11O2. The van der Waals surface area contributed by atoms with Crippen LogP contribution in [0.25, 0.3) is 10.8 Å². The molecule has 0 atom stereocenters. The minimum atomic E-state index is -0.757. The van der Waals surface area contributed by atoms with Gasteiger partial charge in [0.15, 0.2) is 0 Å². The fourth-order valence-corrected chi connectivity index (χ4v) is 1.68. The summed E-state index contributed by atoms with van der Waals surface area (Å²) in [6, 6.07) is 14.7. The maximum atomic E-state index is 10.5. The Morgan fingerprint density at radius 1 is 1.33 bits per heavy atom. The van der Waals surface area contributed by atoms with Crippen LogP contribution in [0.1, 0.15) is 12.0 Å². The third-order valence-corrected chi connectivity index (χ3v) is 2.43. The van der Waals surface area contributed by atoms with E-state index in [1.807, 2.05) is 36.4 Å². The molecule has 0 aliphatic heterocycles. The van der Waals surface area contributed by atoms with E-state index in [-0.39, 0.29) is 6.42 Å². The summed E-state index contributed by atoms with van der Waals surface area (Å²) in [4.78, 5) is 10.5. The lowest BCUT2D eigenvalue weighted by atomic mass is 10.0. The summed E-state index contributed by atoms with van der Waals surface area (Å²) in [5, 5.41) is 10.9. The average molecular weight is 199 g/mol. The van der Waals surface area contributed by atoms with Gasteiger partial charge in [-0.15, -0.1) is 0 Å². The van der Waals surface area contributed by atoms with Crippen LogP contribution in [0, 0.1) is 6.07 Å². The van der Waals surface area contributed by atoms with Gasteiger partial charge in [-0.3, -0.25) is 4.79 Å². The Hall–Kier alpha value is -1.83. The van der Waals surface area contributed by atoms with Gasteiger partial charge in [-0.05, 0) is 34.9 Å². The molecule has 0 unspecified atom stereocenters. The largest absolute Gasteiger partial charge is 0.481 e. The number of benzene rings is 2. The molecule has 2 aromatic carbocycles. The highest BCUT2D eigenvalue weighted by Crippen LogP contribution is 2.19. The second-order valence-corrected chi connectivity index (χ2v) is 3.46. The van der Waals surface area contributed by atoms with E-state index in [2.05, 4.69) is 6.07 Å². The third kappa shape index (κ3) is 2.15. The monoisotopic (exact) mass is 199 g/mol. The number of fused-ring (bicyclic) bond motifs is 1. The van der Waals surface area contributed by atoms with Crippen LogP contribution in [0.5, 0.6) is 0 Å². The van der Waals surface area contributed by atoms with E-state index >= 15 is 0 Å². The first-order chi connectivity index (χ1) is 7.27. The third-order valence-electron chi connectivity index (χ3n) is 2.43. The molecule has 0 saturated heterocycles. The van der Waals surface area contributed by atoms with Crippen molar-refractivity contribution in [3.8, 4) is 0 Å². The van der Waals surface area contributed by atoms with Crippen LogP contribution in [0.15, 0.2) is 36.4 Å². The van der Waals surface area contributed by atoms with E-state index in [0.29, 0.717) is 6.42 Å². The zero-order valence-electron chi connectivity index (χ0n) is 8.23. The number of aryl methyl sites for hydroxylation is 1. The van der Waals surface area contributed by atoms with Gasteiger partial charge in [0.05, 0.1) is 0 Å². The van der Waals surface area contributed by atoms with Crippen LogP contribution in [-0.2, 0) is 11.2 Å². The number of carboxylic acid groups (broad SMARTS) is 1. The lowest BCUT2D eigenvalue weighted by Gasteiger charge is -2.04. The number of carbonyl (C=O) groups is 1. The molecule has 0 heterocycles. The molecule has 0 fully saturated rings. The molecule has 1 N–H and O–H groups in total. The van der Waals surface area contributed by atoms with E-state index in [0.717, 1.165) is 16.3 Å². The van der Waals surface area contributed by atoms with Gasteiger partial charge in [0.25, 0.3) is 0 Å². The Balaban J connectivity index is 2.38. The number of rotatable bonds is 3. The van der Waals surface area contributed by atoms with Gasteiger partial charge >= 0.3 is 5.97 Å². The van der Waals surface area contributed by atoms with Crippen molar-refractivity contribution in [3.63, 3.8) is 0 Å². The molecule has 2 rings (SSSR count). The number of aliphatic carboxylic acids is 1. The van der Waals surface area contributed by atoms with Crippen LogP contribution in [0.2, 0.25) is 0 Å². The topological polar surface area (TPSA) is 37.3 Å². The summed E-state index contributed by atoms with van der Waals surface area (Å²) >= 11 is 0. The van der Waals surface area contributed by atoms with E-state index in [1.54, 1.807) is 0 Å². The summed E-state index contributed by atoms with van der Waals surface area (Å²) in [6.45, 7) is 0. The maximum absolute atomic E-state index is 10.5. The molecule has 2 nitrogen and oxygen atoms in total. The summed E-state index contributed by atoms with van der Waals surface area (Å²) in [6.07, 6.45) is 0.749. The zero-order valence-corrected chi connectivity index (χ0v) is 8.23. The minimum absolute atomic E-state index is 0.175. The van der Waals surface area contributed by atoms with Crippen molar-refractivity contribution in [1.82, 2.24) is 0 Å². The number of hydrogen-bond donors (Lipinski definition) is 1. The van der Waals surface area contributed by atoms with Crippen LogP contribution in [0.4, 0.5) is 0 Å².